The van der Waals surface area contributed by atoms with Crippen molar-refractivity contribution in [2.45, 2.75) is 19.6 Å². The van der Waals surface area contributed by atoms with Gasteiger partial charge in [0.05, 0.1) is 17.8 Å². The molecule has 0 amide bonds. The fraction of sp³-hybridized carbons (Fsp3) is 0.120. The average Bonchev–Trinajstić information content (AvgIpc) is 3.03. The van der Waals surface area contributed by atoms with Gasteiger partial charge in [-0.25, -0.2) is 4.39 Å². The van der Waals surface area contributed by atoms with Crippen LogP contribution in [0.5, 0.6) is 0 Å². The van der Waals surface area contributed by atoms with E-state index in [0.717, 1.165) is 12.1 Å². The SMILES string of the molecule is C=C1NC=CC=C1c1c(C(=C)C)n(Cc2ccccc2F)c2ccc(C(F)(F)F)cc12. The molecule has 0 unspecified atom stereocenters. The number of allylic oxidation sites excluding steroid dienone is 4. The molecule has 31 heavy (non-hydrogen) atoms. The molecule has 0 radical (unpaired) electrons. The first-order chi connectivity index (χ1) is 14.7. The van der Waals surface area contributed by atoms with Crippen LogP contribution in [-0.4, -0.2) is 4.57 Å². The van der Waals surface area contributed by atoms with Gasteiger partial charge in [0.2, 0.25) is 0 Å². The number of nitrogens with zero attached hydrogens (tertiary/aromatic N) is 1. The lowest BCUT2D eigenvalue weighted by Crippen LogP contribution is -2.10. The number of dihydropyridines is 1. The Kier molecular flexibility index (Phi) is 5.09. The van der Waals surface area contributed by atoms with E-state index >= 15 is 0 Å². The third-order valence-electron chi connectivity index (χ3n) is 5.29. The Morgan fingerprint density at radius 3 is 2.52 bits per heavy atom. The molecule has 1 aliphatic heterocycles. The molecule has 4 rings (SSSR count). The first kappa shape index (κ1) is 20.7. The van der Waals surface area contributed by atoms with Crippen LogP contribution in [0.4, 0.5) is 17.6 Å². The molecule has 1 aromatic heterocycles. The molecule has 0 saturated heterocycles. The molecular weight excluding hydrogens is 404 g/mol. The molecule has 1 aliphatic rings. The predicted molar refractivity (Wildman–Crippen MR) is 117 cm³/mol. The van der Waals surface area contributed by atoms with E-state index in [1.165, 1.54) is 12.1 Å². The summed E-state index contributed by atoms with van der Waals surface area (Å²) in [6.07, 6.45) is 0.776. The fourth-order valence-corrected chi connectivity index (χ4v) is 3.91. The Morgan fingerprint density at radius 1 is 1.13 bits per heavy atom. The molecule has 0 spiro atoms. The maximum atomic E-state index is 14.4. The van der Waals surface area contributed by atoms with Gasteiger partial charge in [0.1, 0.15) is 5.82 Å². The maximum Gasteiger partial charge on any atom is 0.416 e. The van der Waals surface area contributed by atoms with Gasteiger partial charge in [-0.05, 0) is 42.8 Å². The van der Waals surface area contributed by atoms with Gasteiger partial charge in [-0.2, -0.15) is 13.2 Å². The smallest absolute Gasteiger partial charge is 0.362 e. The normalized spacial score (nSPS) is 14.0. The number of fused-ring (bicyclic) bond motifs is 1. The van der Waals surface area contributed by atoms with Gasteiger partial charge in [0.25, 0.3) is 0 Å². The van der Waals surface area contributed by atoms with Crippen LogP contribution in [0.1, 0.15) is 29.3 Å². The minimum Gasteiger partial charge on any atom is -0.362 e. The quantitative estimate of drug-likeness (QED) is 0.451. The first-order valence-electron chi connectivity index (χ1n) is 9.64. The van der Waals surface area contributed by atoms with Crippen molar-refractivity contribution < 1.29 is 17.6 Å². The van der Waals surface area contributed by atoms with Gasteiger partial charge in [-0.1, -0.05) is 37.4 Å². The third kappa shape index (κ3) is 3.69. The maximum absolute atomic E-state index is 14.4. The Morgan fingerprint density at radius 2 is 1.87 bits per heavy atom. The molecule has 158 valence electrons. The van der Waals surface area contributed by atoms with Crippen molar-refractivity contribution in [1.82, 2.24) is 9.88 Å². The molecule has 6 heteroatoms. The lowest BCUT2D eigenvalue weighted by atomic mass is 9.95. The summed E-state index contributed by atoms with van der Waals surface area (Å²) in [6, 6.07) is 9.98. The molecule has 2 nitrogen and oxygen atoms in total. The number of nitrogens with one attached hydrogen (secondary N) is 1. The van der Waals surface area contributed by atoms with E-state index in [2.05, 4.69) is 18.5 Å². The van der Waals surface area contributed by atoms with E-state index in [4.69, 9.17) is 0 Å². The van der Waals surface area contributed by atoms with Crippen LogP contribution >= 0.6 is 0 Å². The Balaban J connectivity index is 2.07. The van der Waals surface area contributed by atoms with Gasteiger partial charge in [-0.15, -0.1) is 0 Å². The summed E-state index contributed by atoms with van der Waals surface area (Å²) in [7, 11) is 0. The monoisotopic (exact) mass is 424 g/mol. The summed E-state index contributed by atoms with van der Waals surface area (Å²) in [4.78, 5) is 0. The Bertz CT molecular complexity index is 1270. The van der Waals surface area contributed by atoms with Crippen molar-refractivity contribution >= 4 is 22.0 Å². The number of halogens is 4. The highest BCUT2D eigenvalue weighted by atomic mass is 19.4. The van der Waals surface area contributed by atoms with Crippen molar-refractivity contribution in [3.05, 3.63) is 108 Å². The van der Waals surface area contributed by atoms with E-state index in [0.29, 0.717) is 44.6 Å². The predicted octanol–water partition coefficient (Wildman–Crippen LogP) is 6.89. The molecule has 1 N–H and O–H groups in total. The second-order valence-corrected chi connectivity index (χ2v) is 7.47. The number of benzene rings is 2. The number of aromatic nitrogens is 1. The second-order valence-electron chi connectivity index (χ2n) is 7.47. The summed E-state index contributed by atoms with van der Waals surface area (Å²) in [5.41, 5.74) is 3.36. The molecular formula is C25H20F4N2. The van der Waals surface area contributed by atoms with E-state index in [9.17, 15) is 17.6 Å². The van der Waals surface area contributed by atoms with Crippen molar-refractivity contribution in [2.75, 3.05) is 0 Å². The van der Waals surface area contributed by atoms with E-state index in [1.54, 1.807) is 43.5 Å². The second kappa shape index (κ2) is 7.61. The Labute approximate surface area is 177 Å². The summed E-state index contributed by atoms with van der Waals surface area (Å²) in [5.74, 6) is -0.378. The standard InChI is InChI=1S/C25H20F4N2/c1-15(2)24-23(19-8-6-12-30-16(19)3)20-13-18(25(27,28)29)10-11-22(20)31(24)14-17-7-4-5-9-21(17)26/h4-13,30H,1,3,14H2,2H3. The van der Waals surface area contributed by atoms with Crippen molar-refractivity contribution in [2.24, 2.45) is 0 Å². The minimum absolute atomic E-state index is 0.153. The number of hydrogen-bond acceptors (Lipinski definition) is 1. The van der Waals surface area contributed by atoms with Crippen molar-refractivity contribution in [1.29, 1.82) is 0 Å². The summed E-state index contributed by atoms with van der Waals surface area (Å²) < 4.78 is 56.7. The van der Waals surface area contributed by atoms with Gasteiger partial charge in [0, 0.05) is 39.5 Å². The van der Waals surface area contributed by atoms with Crippen LogP contribution < -0.4 is 5.32 Å². The molecule has 0 saturated carbocycles. The highest BCUT2D eigenvalue weighted by Crippen LogP contribution is 2.41. The van der Waals surface area contributed by atoms with Crippen LogP contribution in [0.25, 0.3) is 22.0 Å². The summed E-state index contributed by atoms with van der Waals surface area (Å²) in [5, 5.41) is 3.42. The van der Waals surface area contributed by atoms with Crippen LogP contribution in [0.15, 0.2) is 79.7 Å². The highest BCUT2D eigenvalue weighted by Gasteiger charge is 2.32. The topological polar surface area (TPSA) is 17.0 Å². The van der Waals surface area contributed by atoms with Crippen LogP contribution in [0.2, 0.25) is 0 Å². The largest absolute Gasteiger partial charge is 0.416 e. The number of alkyl halides is 3. The van der Waals surface area contributed by atoms with Gasteiger partial charge < -0.3 is 9.88 Å². The van der Waals surface area contributed by atoms with Crippen LogP contribution in [-0.2, 0) is 12.7 Å². The van der Waals surface area contributed by atoms with E-state index in [-0.39, 0.29) is 12.4 Å². The fourth-order valence-electron chi connectivity index (χ4n) is 3.91. The van der Waals surface area contributed by atoms with Crippen LogP contribution in [0.3, 0.4) is 0 Å². The lowest BCUT2D eigenvalue weighted by Gasteiger charge is -2.17. The average molecular weight is 424 g/mol. The van der Waals surface area contributed by atoms with Gasteiger partial charge in [-0.3, -0.25) is 0 Å². The molecule has 0 atom stereocenters. The van der Waals surface area contributed by atoms with E-state index < -0.39 is 11.7 Å². The van der Waals surface area contributed by atoms with Crippen molar-refractivity contribution in [3.8, 4) is 0 Å². The molecule has 0 fully saturated rings. The Hall–Kier alpha value is -3.54. The highest BCUT2D eigenvalue weighted by molar-refractivity contribution is 6.02. The van der Waals surface area contributed by atoms with Crippen LogP contribution in [0, 0.1) is 5.82 Å². The lowest BCUT2D eigenvalue weighted by molar-refractivity contribution is -0.137. The van der Waals surface area contributed by atoms with Gasteiger partial charge in [0.15, 0.2) is 0 Å². The first-order valence-corrected chi connectivity index (χ1v) is 9.64. The van der Waals surface area contributed by atoms with Gasteiger partial charge >= 0.3 is 6.18 Å². The van der Waals surface area contributed by atoms with Crippen molar-refractivity contribution in [3.63, 3.8) is 0 Å². The zero-order chi connectivity index (χ0) is 22.3. The number of hydrogen-bond donors (Lipinski definition) is 1. The third-order valence-corrected chi connectivity index (χ3v) is 5.29. The molecule has 0 bridgehead atoms. The van der Waals surface area contributed by atoms with E-state index in [1.807, 2.05) is 4.57 Å². The molecule has 0 aliphatic carbocycles. The minimum atomic E-state index is -4.49. The zero-order valence-corrected chi connectivity index (χ0v) is 16.9. The molecule has 2 heterocycles. The zero-order valence-electron chi connectivity index (χ0n) is 16.9. The summed E-state index contributed by atoms with van der Waals surface area (Å²) in [6.45, 7) is 10.0. The number of rotatable bonds is 4. The molecule has 2 aromatic carbocycles. The summed E-state index contributed by atoms with van der Waals surface area (Å²) >= 11 is 0. The molecule has 3 aromatic rings.